The highest BCUT2D eigenvalue weighted by molar-refractivity contribution is 9.10. The van der Waals surface area contributed by atoms with Gasteiger partial charge in [0.1, 0.15) is 11.6 Å². The number of halogens is 4. The molecule has 0 amide bonds. The van der Waals surface area contributed by atoms with Crippen LogP contribution in [0.3, 0.4) is 0 Å². The first-order chi connectivity index (χ1) is 8.97. The van der Waals surface area contributed by atoms with Crippen molar-refractivity contribution in [2.24, 2.45) is 5.73 Å². The molecule has 100 valence electrons. The molecule has 19 heavy (non-hydrogen) atoms. The maximum absolute atomic E-state index is 13.2. The summed E-state index contributed by atoms with van der Waals surface area (Å²) in [5, 5.41) is 0.322. The van der Waals surface area contributed by atoms with E-state index in [1.165, 1.54) is 24.3 Å². The van der Waals surface area contributed by atoms with E-state index in [-0.39, 0.29) is 5.82 Å². The third-order valence-corrected chi connectivity index (χ3v) is 3.89. The van der Waals surface area contributed by atoms with Gasteiger partial charge in [0.15, 0.2) is 0 Å². The van der Waals surface area contributed by atoms with Crippen LogP contribution in [0, 0.1) is 11.6 Å². The Morgan fingerprint density at radius 3 is 2.42 bits per heavy atom. The van der Waals surface area contributed by atoms with Gasteiger partial charge in [0, 0.05) is 15.5 Å². The smallest absolute Gasteiger partial charge is 0.124 e. The molecular weight excluding hydrogens is 336 g/mol. The predicted molar refractivity (Wildman–Crippen MR) is 76.1 cm³/mol. The Hall–Kier alpha value is -0.970. The largest absolute Gasteiger partial charge is 0.324 e. The van der Waals surface area contributed by atoms with Gasteiger partial charge in [0.25, 0.3) is 0 Å². The number of hydrogen-bond donors (Lipinski definition) is 1. The van der Waals surface area contributed by atoms with Crippen LogP contribution in [-0.2, 0) is 6.42 Å². The van der Waals surface area contributed by atoms with Crippen molar-refractivity contribution in [1.82, 2.24) is 0 Å². The SMILES string of the molecule is NC(Cc1ccc(F)cc1Cl)c1cc(F)ccc1Br. The first-order valence-electron chi connectivity index (χ1n) is 5.62. The number of benzene rings is 2. The lowest BCUT2D eigenvalue weighted by atomic mass is 9.99. The molecule has 0 radical (unpaired) electrons. The van der Waals surface area contributed by atoms with Crippen LogP contribution in [-0.4, -0.2) is 0 Å². The summed E-state index contributed by atoms with van der Waals surface area (Å²) in [5.41, 5.74) is 7.44. The fourth-order valence-electron chi connectivity index (χ4n) is 1.83. The minimum absolute atomic E-state index is 0.322. The van der Waals surface area contributed by atoms with Gasteiger partial charge in [-0.25, -0.2) is 8.78 Å². The van der Waals surface area contributed by atoms with Crippen LogP contribution >= 0.6 is 27.5 Å². The van der Waals surface area contributed by atoms with Crippen molar-refractivity contribution in [3.05, 3.63) is 68.7 Å². The molecule has 1 atom stereocenters. The van der Waals surface area contributed by atoms with Crippen molar-refractivity contribution in [2.45, 2.75) is 12.5 Å². The average Bonchev–Trinajstić information content (AvgIpc) is 2.35. The molecule has 1 unspecified atom stereocenters. The molecule has 0 aliphatic carbocycles. The number of hydrogen-bond acceptors (Lipinski definition) is 1. The molecule has 0 heterocycles. The van der Waals surface area contributed by atoms with Gasteiger partial charge in [-0.15, -0.1) is 0 Å². The first kappa shape index (κ1) is 14.4. The summed E-state index contributed by atoms with van der Waals surface area (Å²) in [6, 6.07) is 8.07. The molecule has 0 fully saturated rings. The Morgan fingerprint density at radius 2 is 1.74 bits per heavy atom. The van der Waals surface area contributed by atoms with Crippen molar-refractivity contribution in [2.75, 3.05) is 0 Å². The molecule has 2 aromatic rings. The third-order valence-electron chi connectivity index (χ3n) is 2.81. The van der Waals surface area contributed by atoms with Gasteiger partial charge < -0.3 is 5.73 Å². The predicted octanol–water partition coefficient (Wildman–Crippen LogP) is 4.62. The second kappa shape index (κ2) is 5.99. The minimum atomic E-state index is -0.423. The van der Waals surface area contributed by atoms with Crippen molar-refractivity contribution in [1.29, 1.82) is 0 Å². The summed E-state index contributed by atoms with van der Waals surface area (Å²) >= 11 is 9.29. The normalized spacial score (nSPS) is 12.5. The summed E-state index contributed by atoms with van der Waals surface area (Å²) in [6.45, 7) is 0. The molecule has 0 saturated heterocycles. The fourth-order valence-corrected chi connectivity index (χ4v) is 2.62. The molecular formula is C14H11BrClF2N. The van der Waals surface area contributed by atoms with Gasteiger partial charge in [-0.1, -0.05) is 33.6 Å². The number of rotatable bonds is 3. The van der Waals surface area contributed by atoms with Crippen LogP contribution in [0.4, 0.5) is 8.78 Å². The van der Waals surface area contributed by atoms with Gasteiger partial charge in [0.05, 0.1) is 0 Å². The minimum Gasteiger partial charge on any atom is -0.324 e. The Labute approximate surface area is 123 Å². The molecule has 2 N–H and O–H groups in total. The van der Waals surface area contributed by atoms with E-state index in [0.29, 0.717) is 17.0 Å². The fraction of sp³-hybridized carbons (Fsp3) is 0.143. The standard InChI is InChI=1S/C14H11BrClF2N/c15-12-4-3-9(17)6-11(12)14(19)5-8-1-2-10(18)7-13(8)16/h1-4,6-7,14H,5,19H2. The zero-order valence-electron chi connectivity index (χ0n) is 9.84. The molecule has 0 spiro atoms. The van der Waals surface area contributed by atoms with Gasteiger partial charge in [-0.05, 0) is 47.9 Å². The summed E-state index contributed by atoms with van der Waals surface area (Å²) in [7, 11) is 0. The molecule has 5 heteroatoms. The number of nitrogens with two attached hydrogens (primary N) is 1. The Morgan fingerprint density at radius 1 is 1.11 bits per heavy atom. The molecule has 2 aromatic carbocycles. The van der Waals surface area contributed by atoms with Crippen molar-refractivity contribution in [3.8, 4) is 0 Å². The molecule has 2 rings (SSSR count). The lowest BCUT2D eigenvalue weighted by Crippen LogP contribution is -2.14. The highest BCUT2D eigenvalue weighted by atomic mass is 79.9. The summed E-state index contributed by atoms with van der Waals surface area (Å²) in [4.78, 5) is 0. The van der Waals surface area contributed by atoms with Gasteiger partial charge in [-0.2, -0.15) is 0 Å². The van der Waals surface area contributed by atoms with E-state index in [0.717, 1.165) is 10.0 Å². The molecule has 0 saturated carbocycles. The Bertz CT molecular complexity index is 604. The Kier molecular flexibility index (Phi) is 4.55. The summed E-state index contributed by atoms with van der Waals surface area (Å²) in [6.07, 6.45) is 0.404. The van der Waals surface area contributed by atoms with E-state index in [1.807, 2.05) is 0 Å². The second-order valence-electron chi connectivity index (χ2n) is 4.21. The van der Waals surface area contributed by atoms with Crippen LogP contribution < -0.4 is 5.73 Å². The van der Waals surface area contributed by atoms with Crippen molar-refractivity contribution in [3.63, 3.8) is 0 Å². The lowest BCUT2D eigenvalue weighted by Gasteiger charge is -2.15. The summed E-state index contributed by atoms with van der Waals surface area (Å²) < 4.78 is 26.9. The van der Waals surface area contributed by atoms with Gasteiger partial charge in [-0.3, -0.25) is 0 Å². The maximum atomic E-state index is 13.2. The monoisotopic (exact) mass is 345 g/mol. The highest BCUT2D eigenvalue weighted by Gasteiger charge is 2.13. The van der Waals surface area contributed by atoms with Gasteiger partial charge in [0.2, 0.25) is 0 Å². The zero-order chi connectivity index (χ0) is 14.0. The van der Waals surface area contributed by atoms with E-state index in [4.69, 9.17) is 17.3 Å². The van der Waals surface area contributed by atoms with Crippen LogP contribution in [0.15, 0.2) is 40.9 Å². The second-order valence-corrected chi connectivity index (χ2v) is 5.47. The van der Waals surface area contributed by atoms with E-state index in [9.17, 15) is 8.78 Å². The molecule has 0 aliphatic rings. The van der Waals surface area contributed by atoms with E-state index in [2.05, 4.69) is 15.9 Å². The maximum Gasteiger partial charge on any atom is 0.124 e. The molecule has 0 bridgehead atoms. The molecule has 0 aromatic heterocycles. The topological polar surface area (TPSA) is 26.0 Å². The van der Waals surface area contributed by atoms with E-state index in [1.54, 1.807) is 12.1 Å². The molecule has 0 aliphatic heterocycles. The Balaban J connectivity index is 2.25. The van der Waals surface area contributed by atoms with E-state index < -0.39 is 11.9 Å². The van der Waals surface area contributed by atoms with Crippen LogP contribution in [0.5, 0.6) is 0 Å². The van der Waals surface area contributed by atoms with Crippen molar-refractivity contribution >= 4 is 27.5 Å². The van der Waals surface area contributed by atoms with Crippen molar-refractivity contribution < 1.29 is 8.78 Å². The third kappa shape index (κ3) is 3.53. The van der Waals surface area contributed by atoms with E-state index >= 15 is 0 Å². The quantitative estimate of drug-likeness (QED) is 0.862. The lowest BCUT2D eigenvalue weighted by molar-refractivity contribution is 0.616. The molecule has 1 nitrogen and oxygen atoms in total. The zero-order valence-corrected chi connectivity index (χ0v) is 12.2. The van der Waals surface area contributed by atoms with Gasteiger partial charge >= 0.3 is 0 Å². The average molecular weight is 347 g/mol. The van der Waals surface area contributed by atoms with Crippen LogP contribution in [0.1, 0.15) is 17.2 Å². The first-order valence-corrected chi connectivity index (χ1v) is 6.79. The highest BCUT2D eigenvalue weighted by Crippen LogP contribution is 2.28. The van der Waals surface area contributed by atoms with Crippen LogP contribution in [0.2, 0.25) is 5.02 Å². The summed E-state index contributed by atoms with van der Waals surface area (Å²) in [5.74, 6) is -0.742. The van der Waals surface area contributed by atoms with Crippen LogP contribution in [0.25, 0.3) is 0 Å².